The Bertz CT molecular complexity index is 428. The molecule has 1 aromatic rings. The lowest BCUT2D eigenvalue weighted by Crippen LogP contribution is -3.00. The van der Waals surface area contributed by atoms with E-state index in [2.05, 4.69) is 44.7 Å². The lowest BCUT2D eigenvalue weighted by Gasteiger charge is -2.38. The predicted molar refractivity (Wildman–Crippen MR) is 86.7 cm³/mol. The van der Waals surface area contributed by atoms with Gasteiger partial charge in [-0.05, 0) is 12.8 Å². The van der Waals surface area contributed by atoms with E-state index in [1.54, 1.807) is 0 Å². The summed E-state index contributed by atoms with van der Waals surface area (Å²) >= 11 is 0. The van der Waals surface area contributed by atoms with Crippen LogP contribution in [-0.2, 0) is 16.1 Å². The first-order valence-electron chi connectivity index (χ1n) is 7.84. The van der Waals surface area contributed by atoms with E-state index in [0.29, 0.717) is 6.61 Å². The number of nitrogens with zero attached hydrogens (tertiary/aromatic N) is 1. The summed E-state index contributed by atoms with van der Waals surface area (Å²) in [6, 6.07) is 10.6. The van der Waals surface area contributed by atoms with Gasteiger partial charge in [0.2, 0.25) is 0 Å². The summed E-state index contributed by atoms with van der Waals surface area (Å²) in [5.41, 5.74) is 1.34. The molecule has 22 heavy (non-hydrogen) atoms. The van der Waals surface area contributed by atoms with Crippen LogP contribution in [0, 0.1) is 0 Å². The van der Waals surface area contributed by atoms with Gasteiger partial charge in [0.25, 0.3) is 0 Å². The second-order valence-electron chi connectivity index (χ2n) is 5.53. The Morgan fingerprint density at radius 3 is 2.23 bits per heavy atom. The van der Waals surface area contributed by atoms with Gasteiger partial charge in [0.05, 0.1) is 13.1 Å². The van der Waals surface area contributed by atoms with Crippen molar-refractivity contribution in [1.82, 2.24) is 0 Å². The summed E-state index contributed by atoms with van der Waals surface area (Å²) in [6.45, 7) is 12.4. The quantitative estimate of drug-likeness (QED) is 0.357. The van der Waals surface area contributed by atoms with Crippen LogP contribution in [0.2, 0.25) is 0 Å². The number of carbonyl (C=O) groups excluding carboxylic acids is 1. The maximum Gasteiger partial charge on any atom is 0.330 e. The van der Waals surface area contributed by atoms with Gasteiger partial charge in [-0.1, -0.05) is 50.8 Å². The van der Waals surface area contributed by atoms with Crippen molar-refractivity contribution < 1.29 is 26.4 Å². The van der Waals surface area contributed by atoms with Crippen molar-refractivity contribution in [2.75, 3.05) is 26.2 Å². The fraction of sp³-hybridized carbons (Fsp3) is 0.500. The van der Waals surface area contributed by atoms with Crippen LogP contribution >= 0.6 is 0 Å². The van der Waals surface area contributed by atoms with Gasteiger partial charge in [-0.15, -0.1) is 0 Å². The summed E-state index contributed by atoms with van der Waals surface area (Å²) in [6.07, 6.45) is 3.48. The highest BCUT2D eigenvalue weighted by Crippen LogP contribution is 2.17. The number of halogens is 1. The summed E-state index contributed by atoms with van der Waals surface area (Å²) in [5.74, 6) is -0.333. The van der Waals surface area contributed by atoms with Crippen LogP contribution in [-0.4, -0.2) is 36.7 Å². The molecule has 0 bridgehead atoms. The van der Waals surface area contributed by atoms with Gasteiger partial charge in [-0.3, -0.25) is 0 Å². The number of hydrogen-bond donors (Lipinski definition) is 0. The second kappa shape index (κ2) is 11.3. The highest BCUT2D eigenvalue weighted by atomic mass is 35.5. The number of quaternary nitrogens is 1. The number of carbonyl (C=O) groups is 1. The van der Waals surface area contributed by atoms with E-state index in [-0.39, 0.29) is 18.4 Å². The molecule has 0 heterocycles. The summed E-state index contributed by atoms with van der Waals surface area (Å²) in [7, 11) is 0. The molecule has 124 valence electrons. The first-order valence-corrected chi connectivity index (χ1v) is 7.84. The van der Waals surface area contributed by atoms with E-state index in [4.69, 9.17) is 4.74 Å². The molecule has 0 amide bonds. The van der Waals surface area contributed by atoms with Crippen molar-refractivity contribution in [2.24, 2.45) is 0 Å². The summed E-state index contributed by atoms with van der Waals surface area (Å²) < 4.78 is 6.18. The molecular formula is C18H28ClNO2. The Kier molecular flexibility index (Phi) is 10.6. The lowest BCUT2D eigenvalue weighted by molar-refractivity contribution is -0.941. The van der Waals surface area contributed by atoms with Gasteiger partial charge in [-0.2, -0.15) is 0 Å². The largest absolute Gasteiger partial charge is 1.00 e. The topological polar surface area (TPSA) is 26.3 Å². The molecule has 1 rings (SSSR count). The molecule has 0 unspecified atom stereocenters. The SMILES string of the molecule is C=CC(=O)OCC[N+](CCC)(CCC)Cc1ccccc1.[Cl-]. The van der Waals surface area contributed by atoms with Gasteiger partial charge >= 0.3 is 5.97 Å². The fourth-order valence-corrected chi connectivity index (χ4v) is 2.89. The minimum absolute atomic E-state index is 0. The van der Waals surface area contributed by atoms with E-state index >= 15 is 0 Å². The van der Waals surface area contributed by atoms with Crippen molar-refractivity contribution in [1.29, 1.82) is 0 Å². The third kappa shape index (κ3) is 7.10. The normalized spacial score (nSPS) is 10.6. The Balaban J connectivity index is 0.00000441. The molecule has 0 spiro atoms. The van der Waals surface area contributed by atoms with E-state index in [9.17, 15) is 4.79 Å². The molecule has 0 radical (unpaired) electrons. The maximum absolute atomic E-state index is 11.2. The lowest BCUT2D eigenvalue weighted by atomic mass is 10.1. The molecule has 4 heteroatoms. The third-order valence-corrected chi connectivity index (χ3v) is 3.73. The van der Waals surface area contributed by atoms with E-state index < -0.39 is 0 Å². The van der Waals surface area contributed by atoms with Gasteiger partial charge in [0, 0.05) is 11.6 Å². The van der Waals surface area contributed by atoms with E-state index in [0.717, 1.165) is 43.5 Å². The zero-order valence-corrected chi connectivity index (χ0v) is 14.5. The van der Waals surface area contributed by atoms with Crippen molar-refractivity contribution in [3.63, 3.8) is 0 Å². The number of rotatable bonds is 10. The Labute approximate surface area is 141 Å². The average molecular weight is 326 g/mol. The van der Waals surface area contributed by atoms with Crippen LogP contribution in [0.1, 0.15) is 32.3 Å². The molecule has 3 nitrogen and oxygen atoms in total. The van der Waals surface area contributed by atoms with Crippen molar-refractivity contribution in [3.8, 4) is 0 Å². The average Bonchev–Trinajstić information content (AvgIpc) is 2.48. The predicted octanol–water partition coefficient (Wildman–Crippen LogP) is 0.557. The maximum atomic E-state index is 11.2. The molecule has 0 fully saturated rings. The molecular weight excluding hydrogens is 298 g/mol. The highest BCUT2D eigenvalue weighted by molar-refractivity contribution is 5.81. The molecule has 0 aliphatic heterocycles. The van der Waals surface area contributed by atoms with Crippen molar-refractivity contribution in [3.05, 3.63) is 48.6 Å². The number of ether oxygens (including phenoxy) is 1. The zero-order chi connectivity index (χ0) is 15.6. The molecule has 0 aliphatic rings. The first-order chi connectivity index (χ1) is 10.2. The first kappa shape index (κ1) is 20.7. The smallest absolute Gasteiger partial charge is 0.330 e. The molecule has 0 aliphatic carbocycles. The van der Waals surface area contributed by atoms with Crippen molar-refractivity contribution in [2.45, 2.75) is 33.2 Å². The molecule has 0 saturated carbocycles. The standard InChI is InChI=1S/C18H28NO2.ClH/c1-4-12-19(13-5-2,14-15-21-18(20)6-3)16-17-10-8-7-9-11-17;/h6-11H,3-5,12-16H2,1-2H3;1H/q+1;/p-1. The summed E-state index contributed by atoms with van der Waals surface area (Å²) in [4.78, 5) is 11.2. The third-order valence-electron chi connectivity index (χ3n) is 3.73. The Morgan fingerprint density at radius 2 is 1.73 bits per heavy atom. The van der Waals surface area contributed by atoms with E-state index in [1.807, 2.05) is 6.07 Å². The summed E-state index contributed by atoms with van der Waals surface area (Å²) in [5, 5.41) is 0. The molecule has 0 atom stereocenters. The Hall–Kier alpha value is -1.32. The van der Waals surface area contributed by atoms with Crippen LogP contribution < -0.4 is 12.4 Å². The molecule has 0 aromatic heterocycles. The van der Waals surface area contributed by atoms with E-state index in [1.165, 1.54) is 11.6 Å². The van der Waals surface area contributed by atoms with Crippen LogP contribution in [0.5, 0.6) is 0 Å². The second-order valence-corrected chi connectivity index (χ2v) is 5.53. The van der Waals surface area contributed by atoms with Crippen LogP contribution in [0.25, 0.3) is 0 Å². The van der Waals surface area contributed by atoms with Crippen LogP contribution in [0.4, 0.5) is 0 Å². The molecule has 1 aromatic carbocycles. The number of benzene rings is 1. The number of hydrogen-bond acceptors (Lipinski definition) is 2. The van der Waals surface area contributed by atoms with Gasteiger partial charge < -0.3 is 21.6 Å². The zero-order valence-electron chi connectivity index (χ0n) is 13.8. The fourth-order valence-electron chi connectivity index (χ4n) is 2.89. The van der Waals surface area contributed by atoms with Gasteiger partial charge in [0.1, 0.15) is 19.7 Å². The Morgan fingerprint density at radius 1 is 1.14 bits per heavy atom. The minimum atomic E-state index is -0.333. The molecule has 0 N–H and O–H groups in total. The highest BCUT2D eigenvalue weighted by Gasteiger charge is 2.26. The van der Waals surface area contributed by atoms with Crippen LogP contribution in [0.15, 0.2) is 43.0 Å². The number of esters is 1. The van der Waals surface area contributed by atoms with Gasteiger partial charge in [-0.25, -0.2) is 4.79 Å². The molecule has 0 saturated heterocycles. The van der Waals surface area contributed by atoms with Crippen molar-refractivity contribution >= 4 is 5.97 Å². The minimum Gasteiger partial charge on any atom is -1.00 e. The van der Waals surface area contributed by atoms with Crippen LogP contribution in [0.3, 0.4) is 0 Å². The monoisotopic (exact) mass is 325 g/mol. The van der Waals surface area contributed by atoms with Gasteiger partial charge in [0.15, 0.2) is 0 Å².